The van der Waals surface area contributed by atoms with Crippen molar-refractivity contribution in [2.75, 3.05) is 17.2 Å². The van der Waals surface area contributed by atoms with Crippen molar-refractivity contribution in [1.29, 1.82) is 0 Å². The standard InChI is InChI=1S/C13H16N4O2S/c14-13-2-1-10(7-16-13)12-8-15-9-17(12)11-3-5-20(18,19)6-4-11/h1-2,7-9,11H,3-6H2,(H2,14,16). The highest BCUT2D eigenvalue weighted by atomic mass is 32.2. The van der Waals surface area contributed by atoms with Gasteiger partial charge in [0.2, 0.25) is 0 Å². The molecule has 3 rings (SSSR count). The molecule has 3 heterocycles. The SMILES string of the molecule is Nc1ccc(-c2cncn2C2CCS(=O)(=O)CC2)cn1. The number of pyridine rings is 1. The summed E-state index contributed by atoms with van der Waals surface area (Å²) in [4.78, 5) is 8.27. The maximum absolute atomic E-state index is 11.5. The van der Waals surface area contributed by atoms with E-state index in [1.165, 1.54) is 0 Å². The lowest BCUT2D eigenvalue weighted by Crippen LogP contribution is -2.25. The van der Waals surface area contributed by atoms with Crippen LogP contribution in [0.1, 0.15) is 18.9 Å². The van der Waals surface area contributed by atoms with Crippen LogP contribution in [-0.2, 0) is 9.84 Å². The first kappa shape index (κ1) is 13.1. The summed E-state index contributed by atoms with van der Waals surface area (Å²) in [5.41, 5.74) is 7.47. The maximum atomic E-state index is 11.5. The number of anilines is 1. The predicted molar refractivity (Wildman–Crippen MR) is 76.8 cm³/mol. The number of sulfone groups is 1. The topological polar surface area (TPSA) is 90.9 Å². The molecule has 7 heteroatoms. The fourth-order valence-electron chi connectivity index (χ4n) is 2.53. The summed E-state index contributed by atoms with van der Waals surface area (Å²) in [6.07, 6.45) is 6.51. The summed E-state index contributed by atoms with van der Waals surface area (Å²) in [6.45, 7) is 0. The molecule has 0 unspecified atom stereocenters. The minimum Gasteiger partial charge on any atom is -0.384 e. The first-order valence-corrected chi connectivity index (χ1v) is 8.31. The highest BCUT2D eigenvalue weighted by Crippen LogP contribution is 2.29. The van der Waals surface area contributed by atoms with E-state index in [2.05, 4.69) is 9.97 Å². The van der Waals surface area contributed by atoms with Crippen molar-refractivity contribution < 1.29 is 8.42 Å². The van der Waals surface area contributed by atoms with Crippen LogP contribution >= 0.6 is 0 Å². The van der Waals surface area contributed by atoms with Gasteiger partial charge in [0.25, 0.3) is 0 Å². The molecular formula is C13H16N4O2S. The third-order valence-electron chi connectivity index (χ3n) is 3.67. The molecule has 0 radical (unpaired) electrons. The second-order valence-electron chi connectivity index (χ2n) is 5.04. The Kier molecular flexibility index (Phi) is 3.21. The smallest absolute Gasteiger partial charge is 0.150 e. The molecular weight excluding hydrogens is 276 g/mol. The molecule has 20 heavy (non-hydrogen) atoms. The number of imidazole rings is 1. The van der Waals surface area contributed by atoms with E-state index >= 15 is 0 Å². The van der Waals surface area contributed by atoms with Gasteiger partial charge in [-0.2, -0.15) is 0 Å². The lowest BCUT2D eigenvalue weighted by Gasteiger charge is -2.24. The molecule has 0 atom stereocenters. The predicted octanol–water partition coefficient (Wildman–Crippen LogP) is 1.28. The minimum atomic E-state index is -2.85. The number of nitrogens with two attached hydrogens (primary N) is 1. The van der Waals surface area contributed by atoms with Crippen LogP contribution in [-0.4, -0.2) is 34.5 Å². The third-order valence-corrected chi connectivity index (χ3v) is 5.38. The van der Waals surface area contributed by atoms with Crippen LogP contribution in [0.5, 0.6) is 0 Å². The second-order valence-corrected chi connectivity index (χ2v) is 7.34. The molecule has 1 aliphatic rings. The van der Waals surface area contributed by atoms with Gasteiger partial charge in [0.1, 0.15) is 15.7 Å². The average Bonchev–Trinajstić information content (AvgIpc) is 2.89. The van der Waals surface area contributed by atoms with Crippen LogP contribution in [0, 0.1) is 0 Å². The van der Waals surface area contributed by atoms with Gasteiger partial charge in [-0.05, 0) is 25.0 Å². The van der Waals surface area contributed by atoms with Crippen LogP contribution in [0.15, 0.2) is 30.9 Å². The normalized spacial score (nSPS) is 19.0. The molecule has 0 saturated carbocycles. The Morgan fingerprint density at radius 3 is 2.60 bits per heavy atom. The van der Waals surface area contributed by atoms with E-state index in [9.17, 15) is 8.42 Å². The van der Waals surface area contributed by atoms with Crippen molar-refractivity contribution in [3.05, 3.63) is 30.9 Å². The van der Waals surface area contributed by atoms with E-state index in [0.717, 1.165) is 11.3 Å². The molecule has 2 N–H and O–H groups in total. The molecule has 0 aliphatic carbocycles. The number of rotatable bonds is 2. The molecule has 1 fully saturated rings. The van der Waals surface area contributed by atoms with Gasteiger partial charge in [-0.15, -0.1) is 0 Å². The Morgan fingerprint density at radius 2 is 1.95 bits per heavy atom. The van der Waals surface area contributed by atoms with E-state index in [1.54, 1.807) is 24.8 Å². The third kappa shape index (κ3) is 2.53. The van der Waals surface area contributed by atoms with Gasteiger partial charge in [0.15, 0.2) is 0 Å². The Balaban J connectivity index is 1.89. The monoisotopic (exact) mass is 292 g/mol. The Hall–Kier alpha value is -1.89. The molecule has 0 bridgehead atoms. The van der Waals surface area contributed by atoms with E-state index in [-0.39, 0.29) is 17.5 Å². The molecule has 106 valence electrons. The summed E-state index contributed by atoms with van der Waals surface area (Å²) >= 11 is 0. The largest absolute Gasteiger partial charge is 0.384 e. The second kappa shape index (κ2) is 4.90. The highest BCUT2D eigenvalue weighted by Gasteiger charge is 2.26. The first-order valence-electron chi connectivity index (χ1n) is 6.49. The van der Waals surface area contributed by atoms with Crippen molar-refractivity contribution in [2.24, 2.45) is 0 Å². The Labute approximate surface area is 117 Å². The minimum absolute atomic E-state index is 0.175. The van der Waals surface area contributed by atoms with E-state index in [4.69, 9.17) is 5.73 Å². The molecule has 0 spiro atoms. The van der Waals surface area contributed by atoms with Crippen molar-refractivity contribution >= 4 is 15.7 Å². The number of aromatic nitrogens is 3. The number of nitrogen functional groups attached to an aromatic ring is 1. The number of hydrogen-bond donors (Lipinski definition) is 1. The molecule has 6 nitrogen and oxygen atoms in total. The molecule has 1 saturated heterocycles. The fourth-order valence-corrected chi connectivity index (χ4v) is 4.00. The highest BCUT2D eigenvalue weighted by molar-refractivity contribution is 7.91. The van der Waals surface area contributed by atoms with Crippen molar-refractivity contribution in [2.45, 2.75) is 18.9 Å². The van der Waals surface area contributed by atoms with Crippen LogP contribution in [0.4, 0.5) is 5.82 Å². The molecule has 0 amide bonds. The van der Waals surface area contributed by atoms with Crippen molar-refractivity contribution in [1.82, 2.24) is 14.5 Å². The van der Waals surface area contributed by atoms with Gasteiger partial charge < -0.3 is 10.3 Å². The summed E-state index contributed by atoms with van der Waals surface area (Å²) < 4.78 is 25.1. The Bertz CT molecular complexity index is 692. The summed E-state index contributed by atoms with van der Waals surface area (Å²) in [7, 11) is -2.85. The van der Waals surface area contributed by atoms with Crippen LogP contribution in [0.3, 0.4) is 0 Å². The molecule has 2 aromatic heterocycles. The first-order chi connectivity index (χ1) is 9.55. The lowest BCUT2D eigenvalue weighted by molar-refractivity contribution is 0.452. The summed E-state index contributed by atoms with van der Waals surface area (Å²) in [5.74, 6) is 0.966. The Morgan fingerprint density at radius 1 is 1.20 bits per heavy atom. The summed E-state index contributed by atoms with van der Waals surface area (Å²) in [5, 5.41) is 0. The molecule has 0 aromatic carbocycles. The molecule has 2 aromatic rings. The van der Waals surface area contributed by atoms with E-state index in [0.29, 0.717) is 18.7 Å². The van der Waals surface area contributed by atoms with E-state index < -0.39 is 9.84 Å². The zero-order valence-electron chi connectivity index (χ0n) is 10.9. The quantitative estimate of drug-likeness (QED) is 0.900. The molecule has 1 aliphatic heterocycles. The van der Waals surface area contributed by atoms with Gasteiger partial charge in [0, 0.05) is 17.8 Å². The van der Waals surface area contributed by atoms with Gasteiger partial charge in [-0.1, -0.05) is 0 Å². The maximum Gasteiger partial charge on any atom is 0.150 e. The lowest BCUT2D eigenvalue weighted by atomic mass is 10.1. The van der Waals surface area contributed by atoms with Crippen LogP contribution < -0.4 is 5.73 Å². The van der Waals surface area contributed by atoms with Gasteiger partial charge in [-0.3, -0.25) is 0 Å². The summed E-state index contributed by atoms with van der Waals surface area (Å²) in [6, 6.07) is 3.82. The van der Waals surface area contributed by atoms with Crippen molar-refractivity contribution in [3.63, 3.8) is 0 Å². The average molecular weight is 292 g/mol. The zero-order valence-corrected chi connectivity index (χ0v) is 11.8. The van der Waals surface area contributed by atoms with E-state index in [1.807, 2.05) is 10.6 Å². The number of nitrogens with zero attached hydrogens (tertiary/aromatic N) is 3. The zero-order chi connectivity index (χ0) is 14.2. The van der Waals surface area contributed by atoms with Gasteiger partial charge in [0.05, 0.1) is 29.7 Å². The van der Waals surface area contributed by atoms with Gasteiger partial charge in [-0.25, -0.2) is 18.4 Å². The van der Waals surface area contributed by atoms with Crippen LogP contribution in [0.2, 0.25) is 0 Å². The van der Waals surface area contributed by atoms with Crippen molar-refractivity contribution in [3.8, 4) is 11.3 Å². The van der Waals surface area contributed by atoms with Gasteiger partial charge >= 0.3 is 0 Å². The number of hydrogen-bond acceptors (Lipinski definition) is 5. The fraction of sp³-hybridized carbons (Fsp3) is 0.385. The van der Waals surface area contributed by atoms with Crippen LogP contribution in [0.25, 0.3) is 11.3 Å².